The third kappa shape index (κ3) is 9.57. The van der Waals surface area contributed by atoms with Crippen molar-refractivity contribution in [2.24, 2.45) is 0 Å². The maximum atomic E-state index is 13.4. The van der Waals surface area contributed by atoms with Crippen LogP contribution in [0.1, 0.15) is 31.9 Å². The molecule has 5 N–H and O–H groups in total. The van der Waals surface area contributed by atoms with Crippen LogP contribution in [-0.2, 0) is 27.1 Å². The number of nitrogens with zero attached hydrogens (tertiary/aromatic N) is 1. The van der Waals surface area contributed by atoms with Gasteiger partial charge in [-0.05, 0) is 47.4 Å². The molecule has 4 aromatic carbocycles. The number of amides is 2. The van der Waals surface area contributed by atoms with Crippen LogP contribution in [0.3, 0.4) is 0 Å². The van der Waals surface area contributed by atoms with Crippen LogP contribution in [0.5, 0.6) is 23.0 Å². The van der Waals surface area contributed by atoms with Gasteiger partial charge in [0.2, 0.25) is 7.37 Å². The van der Waals surface area contributed by atoms with E-state index in [1.165, 1.54) is 27.1 Å². The van der Waals surface area contributed by atoms with Crippen LogP contribution in [0.25, 0.3) is 10.8 Å². The molecule has 2 amide bonds. The number of methoxy groups -OCH3 is 2. The number of aromatic nitrogens is 1. The molecule has 2 atom stereocenters. The highest BCUT2D eigenvalue weighted by Crippen LogP contribution is 2.43. The molecular weight excluding hydrogens is 689 g/mol. The molecule has 0 aliphatic heterocycles. The summed E-state index contributed by atoms with van der Waals surface area (Å²) in [4.78, 5) is 27.7. The number of fused-ring (bicyclic) bond motifs is 1. The van der Waals surface area contributed by atoms with Crippen LogP contribution in [0.15, 0.2) is 85.1 Å². The minimum absolute atomic E-state index is 0.00668. The van der Waals surface area contributed by atoms with Crippen LogP contribution in [0.4, 0.5) is 33.4 Å². The molecule has 0 saturated carbocycles. The second-order valence-electron chi connectivity index (χ2n) is 13.0. The number of anilines is 5. The molecule has 0 aliphatic rings. The first kappa shape index (κ1) is 37.2. The van der Waals surface area contributed by atoms with E-state index in [4.69, 9.17) is 14.2 Å². The summed E-state index contributed by atoms with van der Waals surface area (Å²) in [6.45, 7) is 7.46. The maximum Gasteiger partial charge on any atom is 0.323 e. The molecule has 5 rings (SSSR count). The van der Waals surface area contributed by atoms with Gasteiger partial charge in [0, 0.05) is 53.3 Å². The Morgan fingerprint density at radius 3 is 2.25 bits per heavy atom. The number of urea groups is 1. The summed E-state index contributed by atoms with van der Waals surface area (Å²) in [5.74, 6) is 2.45. The monoisotopic (exact) mass is 731 g/mol. The zero-order valence-corrected chi connectivity index (χ0v) is 31.2. The minimum atomic E-state index is -3.28. The lowest BCUT2D eigenvalue weighted by Crippen LogP contribution is -2.21. The largest absolute Gasteiger partial charge is 0.496 e. The lowest BCUT2D eigenvalue weighted by molar-refractivity contribution is 0.262. The smallest absolute Gasteiger partial charge is 0.323 e. The number of benzene rings is 4. The van der Waals surface area contributed by atoms with Gasteiger partial charge in [-0.15, -0.1) is 0 Å². The fourth-order valence-electron chi connectivity index (χ4n) is 5.44. The number of nitrogens with one attached hydrogen (secondary N) is 4. The first-order valence-corrected chi connectivity index (χ1v) is 19.8. The molecule has 0 spiro atoms. The van der Waals surface area contributed by atoms with E-state index in [1.807, 2.05) is 57.2 Å². The zero-order chi connectivity index (χ0) is 36.9. The standard InChI is InChI=1S/C37H42N5O7PS/c1-37(2,3)24-18-30(35(48-5)31(19-24)42-51(7)46)41-36(43)40-29-14-15-32(28-11-9-8-10-27(28)29)49-26-16-17-38-34(21-26)39-25-13-12-23(22-50(6,44)45)33(20-25)47-4/h8-21,42H,22H2,1-7H3,(H,38,39)(H,44,45)(H2,40,41,43). The second kappa shape index (κ2) is 15.4. The van der Waals surface area contributed by atoms with Crippen LogP contribution < -0.4 is 34.9 Å². The topological polar surface area (TPSA) is 160 Å². The predicted molar refractivity (Wildman–Crippen MR) is 206 cm³/mol. The highest BCUT2D eigenvalue weighted by molar-refractivity contribution is 7.85. The molecule has 1 heterocycles. The van der Waals surface area contributed by atoms with Crippen molar-refractivity contribution in [2.75, 3.05) is 47.8 Å². The van der Waals surface area contributed by atoms with Crippen molar-refractivity contribution >= 4 is 63.7 Å². The summed E-state index contributed by atoms with van der Waals surface area (Å²) in [6, 6.07) is 23.1. The van der Waals surface area contributed by atoms with Crippen molar-refractivity contribution < 1.29 is 32.7 Å². The Hall–Kier alpha value is -5.10. The molecule has 0 saturated heterocycles. The first-order chi connectivity index (χ1) is 24.1. The van der Waals surface area contributed by atoms with Crippen LogP contribution in [0.2, 0.25) is 0 Å². The van der Waals surface area contributed by atoms with Gasteiger partial charge in [-0.25, -0.2) is 14.0 Å². The van der Waals surface area contributed by atoms with Gasteiger partial charge in [0.1, 0.15) is 34.1 Å². The van der Waals surface area contributed by atoms with E-state index in [2.05, 4.69) is 25.7 Å². The molecular formula is C37H42N5O7PS. The highest BCUT2D eigenvalue weighted by atomic mass is 32.2. The van der Waals surface area contributed by atoms with Crippen molar-refractivity contribution in [1.82, 2.24) is 4.98 Å². The summed E-state index contributed by atoms with van der Waals surface area (Å²) in [7, 11) is -1.63. The molecule has 1 aromatic heterocycles. The van der Waals surface area contributed by atoms with E-state index in [0.29, 0.717) is 57.1 Å². The Kier molecular flexibility index (Phi) is 11.2. The van der Waals surface area contributed by atoms with Crippen molar-refractivity contribution in [1.29, 1.82) is 0 Å². The molecule has 0 fully saturated rings. The van der Waals surface area contributed by atoms with Gasteiger partial charge in [-0.2, -0.15) is 0 Å². The van der Waals surface area contributed by atoms with E-state index in [0.717, 1.165) is 16.3 Å². The van der Waals surface area contributed by atoms with E-state index in [9.17, 15) is 18.5 Å². The minimum Gasteiger partial charge on any atom is -0.496 e. The lowest BCUT2D eigenvalue weighted by Gasteiger charge is -2.24. The lowest BCUT2D eigenvalue weighted by atomic mass is 9.86. The van der Waals surface area contributed by atoms with Crippen molar-refractivity contribution in [3.8, 4) is 23.0 Å². The molecule has 0 aliphatic carbocycles. The van der Waals surface area contributed by atoms with Gasteiger partial charge in [-0.1, -0.05) is 51.1 Å². The van der Waals surface area contributed by atoms with Gasteiger partial charge >= 0.3 is 6.03 Å². The zero-order valence-electron chi connectivity index (χ0n) is 29.5. The molecule has 0 radical (unpaired) electrons. The molecule has 5 aromatic rings. The molecule has 0 bridgehead atoms. The number of carbonyl (C=O) groups is 1. The maximum absolute atomic E-state index is 13.4. The fraction of sp³-hybridized carbons (Fsp3) is 0.243. The van der Waals surface area contributed by atoms with Crippen LogP contribution >= 0.6 is 7.37 Å². The Labute approximate surface area is 300 Å². The number of hydrogen-bond donors (Lipinski definition) is 5. The first-order valence-electron chi connectivity index (χ1n) is 15.9. The third-order valence-corrected chi connectivity index (χ3v) is 9.21. The van der Waals surface area contributed by atoms with Gasteiger partial charge in [0.25, 0.3) is 0 Å². The van der Waals surface area contributed by atoms with Crippen molar-refractivity contribution in [3.05, 3.63) is 96.2 Å². The molecule has 14 heteroatoms. The number of carbonyl (C=O) groups excluding carboxylic acids is 1. The number of hydrogen-bond acceptors (Lipinski definition) is 8. The van der Waals surface area contributed by atoms with Crippen LogP contribution in [0, 0.1) is 0 Å². The summed E-state index contributed by atoms with van der Waals surface area (Å²) in [6.07, 6.45) is 3.15. The summed E-state index contributed by atoms with van der Waals surface area (Å²) in [5, 5.41) is 10.6. The van der Waals surface area contributed by atoms with Gasteiger partial charge < -0.3 is 39.8 Å². The number of rotatable bonds is 12. The van der Waals surface area contributed by atoms with Gasteiger partial charge in [-0.3, -0.25) is 4.57 Å². The quantitative estimate of drug-likeness (QED) is 0.0790. The second-order valence-corrected chi connectivity index (χ2v) is 16.5. The number of ether oxygens (including phenoxy) is 3. The summed E-state index contributed by atoms with van der Waals surface area (Å²) < 4.78 is 44.3. The highest BCUT2D eigenvalue weighted by Gasteiger charge is 2.22. The Morgan fingerprint density at radius 2 is 1.59 bits per heavy atom. The Balaban J connectivity index is 1.36. The van der Waals surface area contributed by atoms with Gasteiger partial charge in [0.15, 0.2) is 5.75 Å². The van der Waals surface area contributed by atoms with E-state index in [1.54, 1.807) is 48.7 Å². The fourth-order valence-corrected chi connectivity index (χ4v) is 6.79. The Bertz CT molecular complexity index is 2150. The van der Waals surface area contributed by atoms with Crippen molar-refractivity contribution in [2.45, 2.75) is 32.3 Å². The number of pyridine rings is 1. The van der Waals surface area contributed by atoms with Crippen molar-refractivity contribution in [3.63, 3.8) is 0 Å². The molecule has 268 valence electrons. The van der Waals surface area contributed by atoms with E-state index >= 15 is 0 Å². The Morgan fingerprint density at radius 1 is 0.882 bits per heavy atom. The normalized spacial score (nSPS) is 13.1. The molecule has 12 nitrogen and oxygen atoms in total. The average Bonchev–Trinajstić information content (AvgIpc) is 3.05. The van der Waals surface area contributed by atoms with E-state index in [-0.39, 0.29) is 11.6 Å². The molecule has 51 heavy (non-hydrogen) atoms. The van der Waals surface area contributed by atoms with Crippen LogP contribution in [-0.4, -0.2) is 47.3 Å². The third-order valence-electron chi connectivity index (χ3n) is 7.78. The predicted octanol–water partition coefficient (Wildman–Crippen LogP) is 8.84. The van der Waals surface area contributed by atoms with Gasteiger partial charge in [0.05, 0.1) is 37.4 Å². The summed E-state index contributed by atoms with van der Waals surface area (Å²) in [5.41, 5.74) is 3.46. The average molecular weight is 732 g/mol. The van der Waals surface area contributed by atoms with E-state index < -0.39 is 24.4 Å². The SMILES string of the molecule is COc1cc(Nc2cc(Oc3ccc(NC(=O)Nc4cc(C(C)(C)C)cc(NS(C)=O)c4OC)c4ccccc34)ccn2)ccc1CP(C)(=O)O. The molecule has 2 unspecified atom stereocenters. The summed E-state index contributed by atoms with van der Waals surface area (Å²) >= 11 is 0.